The van der Waals surface area contributed by atoms with Crippen molar-refractivity contribution in [3.05, 3.63) is 59.0 Å². The van der Waals surface area contributed by atoms with Crippen LogP contribution in [0, 0.1) is 0 Å². The summed E-state index contributed by atoms with van der Waals surface area (Å²) in [5.74, 6) is 0.715. The molecule has 1 amide bonds. The third-order valence-electron chi connectivity index (χ3n) is 5.30. The van der Waals surface area contributed by atoms with E-state index in [-0.39, 0.29) is 5.91 Å². The molecule has 2 aromatic rings. The molecule has 7 heteroatoms. The average Bonchev–Trinajstić information content (AvgIpc) is 3.14. The molecule has 0 aliphatic carbocycles. The second-order valence-electron chi connectivity index (χ2n) is 7.47. The maximum absolute atomic E-state index is 12.4. The van der Waals surface area contributed by atoms with Crippen LogP contribution in [0.5, 0.6) is 5.75 Å². The van der Waals surface area contributed by atoms with E-state index in [2.05, 4.69) is 44.0 Å². The lowest BCUT2D eigenvalue weighted by Crippen LogP contribution is -2.47. The lowest BCUT2D eigenvalue weighted by molar-refractivity contribution is -0.113. The normalized spacial score (nSPS) is 18.0. The van der Waals surface area contributed by atoms with E-state index in [9.17, 15) is 4.79 Å². The van der Waals surface area contributed by atoms with E-state index < -0.39 is 0 Å². The number of hydrogen-bond acceptors (Lipinski definition) is 6. The van der Waals surface area contributed by atoms with Crippen LogP contribution in [0.4, 0.5) is 11.4 Å². The number of thioether (sulfide) groups is 1. The van der Waals surface area contributed by atoms with Gasteiger partial charge >= 0.3 is 0 Å². The first kappa shape index (κ1) is 20.3. The van der Waals surface area contributed by atoms with Crippen molar-refractivity contribution in [1.82, 2.24) is 4.90 Å². The molecule has 2 heterocycles. The highest BCUT2D eigenvalue weighted by Crippen LogP contribution is 2.31. The van der Waals surface area contributed by atoms with Gasteiger partial charge in [0, 0.05) is 51.6 Å². The van der Waals surface area contributed by atoms with Gasteiger partial charge in [0.1, 0.15) is 5.75 Å². The number of nitrogens with zero attached hydrogens (tertiary/aromatic N) is 4. The standard InChI is InChI=1S/C23H26N4O2S/c1-25(2)18-6-4-17(5-7-18)16-21-22(28)24-23(30-21)27-14-12-26(13-15-27)19-8-10-20(29-3)11-9-19/h4-11,16H,12-15H2,1-3H3/b21-16+. The van der Waals surface area contributed by atoms with Crippen molar-refractivity contribution in [3.63, 3.8) is 0 Å². The summed E-state index contributed by atoms with van der Waals surface area (Å²) >= 11 is 1.47. The van der Waals surface area contributed by atoms with Crippen molar-refractivity contribution >= 4 is 40.3 Å². The fraction of sp³-hybridized carbons (Fsp3) is 0.304. The Hall–Kier alpha value is -2.93. The number of piperazine rings is 1. The third kappa shape index (κ3) is 4.46. The smallest absolute Gasteiger partial charge is 0.286 e. The Labute approximate surface area is 181 Å². The fourth-order valence-corrected chi connectivity index (χ4v) is 4.47. The molecule has 1 saturated heterocycles. The Morgan fingerprint density at radius 2 is 1.60 bits per heavy atom. The molecule has 1 fully saturated rings. The van der Waals surface area contributed by atoms with Crippen LogP contribution in [-0.4, -0.2) is 63.4 Å². The summed E-state index contributed by atoms with van der Waals surface area (Å²) in [5, 5.41) is 0.811. The van der Waals surface area contributed by atoms with Crippen LogP contribution < -0.4 is 14.5 Å². The van der Waals surface area contributed by atoms with Crippen LogP contribution in [0.3, 0.4) is 0 Å². The van der Waals surface area contributed by atoms with Gasteiger partial charge in [0.05, 0.1) is 12.0 Å². The molecule has 4 rings (SSSR count). The van der Waals surface area contributed by atoms with Gasteiger partial charge in [-0.1, -0.05) is 12.1 Å². The number of methoxy groups -OCH3 is 1. The minimum Gasteiger partial charge on any atom is -0.497 e. The van der Waals surface area contributed by atoms with Crippen molar-refractivity contribution in [2.75, 3.05) is 57.2 Å². The maximum Gasteiger partial charge on any atom is 0.286 e. The lowest BCUT2D eigenvalue weighted by Gasteiger charge is -2.36. The average molecular weight is 423 g/mol. The van der Waals surface area contributed by atoms with Crippen molar-refractivity contribution in [2.45, 2.75) is 0 Å². The Morgan fingerprint density at radius 1 is 0.967 bits per heavy atom. The number of rotatable bonds is 4. The molecule has 30 heavy (non-hydrogen) atoms. The number of hydrogen-bond donors (Lipinski definition) is 0. The van der Waals surface area contributed by atoms with Gasteiger partial charge in [-0.2, -0.15) is 4.99 Å². The first-order valence-corrected chi connectivity index (χ1v) is 10.8. The van der Waals surface area contributed by atoms with Gasteiger partial charge in [-0.25, -0.2) is 0 Å². The Morgan fingerprint density at radius 3 is 2.20 bits per heavy atom. The van der Waals surface area contributed by atoms with Crippen LogP contribution in [0.2, 0.25) is 0 Å². The summed E-state index contributed by atoms with van der Waals surface area (Å²) in [6.45, 7) is 3.47. The van der Waals surface area contributed by atoms with Gasteiger partial charge in [-0.3, -0.25) is 4.79 Å². The molecule has 0 radical (unpaired) electrons. The molecule has 2 aliphatic heterocycles. The Kier molecular flexibility index (Phi) is 5.99. The van der Waals surface area contributed by atoms with Gasteiger partial charge in [0.15, 0.2) is 5.17 Å². The summed E-state index contributed by atoms with van der Waals surface area (Å²) in [4.78, 5) is 24.0. The second kappa shape index (κ2) is 8.83. The topological polar surface area (TPSA) is 48.4 Å². The molecule has 0 bridgehead atoms. The van der Waals surface area contributed by atoms with Crippen molar-refractivity contribution in [2.24, 2.45) is 4.99 Å². The van der Waals surface area contributed by atoms with Gasteiger partial charge in [0.25, 0.3) is 5.91 Å². The highest BCUT2D eigenvalue weighted by atomic mass is 32.2. The van der Waals surface area contributed by atoms with Crippen LogP contribution in [0.15, 0.2) is 58.4 Å². The fourth-order valence-electron chi connectivity index (χ4n) is 3.50. The number of amidine groups is 1. The largest absolute Gasteiger partial charge is 0.497 e. The van der Waals surface area contributed by atoms with E-state index in [0.29, 0.717) is 4.91 Å². The van der Waals surface area contributed by atoms with Gasteiger partial charge in [0.2, 0.25) is 0 Å². The summed E-state index contributed by atoms with van der Waals surface area (Å²) in [7, 11) is 5.70. The SMILES string of the molecule is COc1ccc(N2CCN(C3=NC(=O)/C(=C\c4ccc(N(C)C)cc4)S3)CC2)cc1. The molecular weight excluding hydrogens is 396 g/mol. The zero-order chi connectivity index (χ0) is 21.1. The predicted octanol–water partition coefficient (Wildman–Crippen LogP) is 3.55. The minimum atomic E-state index is -0.149. The highest BCUT2D eigenvalue weighted by molar-refractivity contribution is 8.18. The molecule has 0 aromatic heterocycles. The number of aliphatic imine (C=N–C) groups is 1. The number of ether oxygens (including phenoxy) is 1. The molecular formula is C23H26N4O2S. The summed E-state index contributed by atoms with van der Waals surface area (Å²) < 4.78 is 5.24. The van der Waals surface area contributed by atoms with Crippen molar-refractivity contribution < 1.29 is 9.53 Å². The Bertz CT molecular complexity index is 960. The zero-order valence-electron chi connectivity index (χ0n) is 17.5. The first-order chi connectivity index (χ1) is 14.5. The van der Waals surface area contributed by atoms with Crippen molar-refractivity contribution in [3.8, 4) is 5.75 Å². The number of carbonyl (C=O) groups is 1. The van der Waals surface area contributed by atoms with Crippen LogP contribution in [-0.2, 0) is 4.79 Å². The molecule has 2 aromatic carbocycles. The second-order valence-corrected chi connectivity index (χ2v) is 8.48. The van der Waals surface area contributed by atoms with Gasteiger partial charge < -0.3 is 19.4 Å². The summed E-state index contributed by atoms with van der Waals surface area (Å²) in [6.07, 6.45) is 1.93. The van der Waals surface area contributed by atoms with Crippen LogP contribution in [0.1, 0.15) is 5.56 Å². The summed E-state index contributed by atoms with van der Waals surface area (Å²) in [6, 6.07) is 16.3. The lowest BCUT2D eigenvalue weighted by atomic mass is 10.2. The van der Waals surface area contributed by atoms with E-state index in [1.165, 1.54) is 17.4 Å². The zero-order valence-corrected chi connectivity index (χ0v) is 18.4. The molecule has 0 N–H and O–H groups in total. The molecule has 0 spiro atoms. The van der Waals surface area contributed by atoms with E-state index in [0.717, 1.165) is 48.3 Å². The quantitative estimate of drug-likeness (QED) is 0.703. The first-order valence-electron chi connectivity index (χ1n) is 9.97. The molecule has 0 atom stereocenters. The molecule has 0 unspecified atom stereocenters. The predicted molar refractivity (Wildman–Crippen MR) is 126 cm³/mol. The number of benzene rings is 2. The van der Waals surface area contributed by atoms with Crippen LogP contribution in [0.25, 0.3) is 6.08 Å². The summed E-state index contributed by atoms with van der Waals surface area (Å²) in [5.41, 5.74) is 3.33. The van der Waals surface area contributed by atoms with E-state index in [1.54, 1.807) is 7.11 Å². The molecule has 156 valence electrons. The number of anilines is 2. The highest BCUT2D eigenvalue weighted by Gasteiger charge is 2.28. The monoisotopic (exact) mass is 422 g/mol. The Balaban J connectivity index is 1.36. The van der Waals surface area contributed by atoms with E-state index in [4.69, 9.17) is 4.74 Å². The number of carbonyl (C=O) groups excluding carboxylic acids is 1. The molecule has 6 nitrogen and oxygen atoms in total. The van der Waals surface area contributed by atoms with E-state index in [1.807, 2.05) is 44.4 Å². The number of amides is 1. The van der Waals surface area contributed by atoms with E-state index >= 15 is 0 Å². The molecule has 2 aliphatic rings. The van der Waals surface area contributed by atoms with Crippen molar-refractivity contribution in [1.29, 1.82) is 0 Å². The minimum absolute atomic E-state index is 0.149. The van der Waals surface area contributed by atoms with Gasteiger partial charge in [-0.05, 0) is 59.8 Å². The third-order valence-corrected chi connectivity index (χ3v) is 6.35. The van der Waals surface area contributed by atoms with Crippen LogP contribution >= 0.6 is 11.8 Å². The molecule has 0 saturated carbocycles. The maximum atomic E-state index is 12.4. The van der Waals surface area contributed by atoms with Gasteiger partial charge in [-0.15, -0.1) is 0 Å².